The van der Waals surface area contributed by atoms with Crippen molar-refractivity contribution in [1.82, 2.24) is 0 Å². The number of aliphatic hydroxyl groups is 1. The van der Waals surface area contributed by atoms with Crippen molar-refractivity contribution in [3.05, 3.63) is 143 Å². The fourth-order valence-electron chi connectivity index (χ4n) is 4.52. The molecule has 2 N–H and O–H groups in total. The molecule has 0 spiro atoms. The Hall–Kier alpha value is -4.24. The molecule has 3 aromatic rings. The van der Waals surface area contributed by atoms with Gasteiger partial charge in [0.25, 0.3) is 0 Å². The van der Waals surface area contributed by atoms with Crippen LogP contribution in [0.4, 0.5) is 0 Å². The van der Waals surface area contributed by atoms with Crippen LogP contribution in [0, 0.1) is 19.8 Å². The van der Waals surface area contributed by atoms with Crippen LogP contribution in [0.1, 0.15) is 74.8 Å². The van der Waals surface area contributed by atoms with E-state index in [4.69, 9.17) is 9.84 Å². The smallest absolute Gasteiger partial charge is 0.122 e. The second kappa shape index (κ2) is 17.5. The van der Waals surface area contributed by atoms with Crippen molar-refractivity contribution >= 4 is 11.3 Å². The topological polar surface area (TPSA) is 49.7 Å². The third kappa shape index (κ3) is 11.7. The third-order valence-corrected chi connectivity index (χ3v) is 6.91. The van der Waals surface area contributed by atoms with Crippen LogP contribution in [-0.2, 0) is 6.61 Å². The van der Waals surface area contributed by atoms with Crippen LogP contribution >= 0.6 is 0 Å². The van der Waals surface area contributed by atoms with E-state index >= 15 is 0 Å². The summed E-state index contributed by atoms with van der Waals surface area (Å²) in [6.07, 6.45) is 12.1. The first-order chi connectivity index (χ1) is 20.0. The van der Waals surface area contributed by atoms with Gasteiger partial charge in [-0.25, -0.2) is 0 Å². The SMILES string of the molecule is C=C(O)c1cccc(C)c1.C=CCC1=CC(C)CC=C1C.CC/C=C(/C)c1cc(C)cc(OCc2ccccc2O)c1. The zero-order valence-corrected chi connectivity index (χ0v) is 26.3. The number of aryl methyl sites for hydroxylation is 2. The van der Waals surface area contributed by atoms with Gasteiger partial charge in [-0.3, -0.25) is 0 Å². The summed E-state index contributed by atoms with van der Waals surface area (Å²) >= 11 is 0. The Labute approximate surface area is 253 Å². The molecule has 0 heterocycles. The highest BCUT2D eigenvalue weighted by Crippen LogP contribution is 2.26. The molecule has 0 saturated carbocycles. The molecule has 3 nitrogen and oxygen atoms in total. The fraction of sp³-hybridized carbons (Fsp3) is 0.282. The van der Waals surface area contributed by atoms with Gasteiger partial charge in [-0.2, -0.15) is 0 Å². The number of aliphatic hydroxyl groups excluding tert-OH is 1. The molecule has 3 aromatic carbocycles. The molecule has 222 valence electrons. The first kappa shape index (κ1) is 34.0. The molecule has 0 aromatic heterocycles. The number of ether oxygens (including phenoxy) is 1. The largest absolute Gasteiger partial charge is 0.508 e. The zero-order valence-electron chi connectivity index (χ0n) is 26.3. The normalized spacial score (nSPS) is 14.2. The molecule has 1 aliphatic carbocycles. The van der Waals surface area contributed by atoms with Crippen LogP contribution in [0.25, 0.3) is 11.3 Å². The minimum absolute atomic E-state index is 0.128. The number of aromatic hydroxyl groups is 1. The predicted molar refractivity (Wildman–Crippen MR) is 181 cm³/mol. The Morgan fingerprint density at radius 3 is 2.31 bits per heavy atom. The second-order valence-electron chi connectivity index (χ2n) is 10.8. The summed E-state index contributed by atoms with van der Waals surface area (Å²) in [6.45, 7) is 20.3. The van der Waals surface area contributed by atoms with E-state index in [0.717, 1.165) is 35.3 Å². The van der Waals surface area contributed by atoms with Gasteiger partial charge in [0.15, 0.2) is 0 Å². The first-order valence-electron chi connectivity index (χ1n) is 14.7. The second-order valence-corrected chi connectivity index (χ2v) is 10.8. The summed E-state index contributed by atoms with van der Waals surface area (Å²) in [5, 5.41) is 18.7. The Morgan fingerprint density at radius 1 is 0.976 bits per heavy atom. The molecule has 0 amide bonds. The average molecular weight is 565 g/mol. The number of benzene rings is 3. The summed E-state index contributed by atoms with van der Waals surface area (Å²) in [6, 6.07) is 21.1. The van der Waals surface area contributed by atoms with E-state index in [9.17, 15) is 5.11 Å². The first-order valence-corrected chi connectivity index (χ1v) is 14.7. The van der Waals surface area contributed by atoms with Crippen molar-refractivity contribution in [3.63, 3.8) is 0 Å². The molecular weight excluding hydrogens is 516 g/mol. The minimum Gasteiger partial charge on any atom is -0.508 e. The molecule has 1 atom stereocenters. The molecule has 0 bridgehead atoms. The molecule has 42 heavy (non-hydrogen) atoms. The van der Waals surface area contributed by atoms with Gasteiger partial charge >= 0.3 is 0 Å². The third-order valence-electron chi connectivity index (χ3n) is 6.91. The van der Waals surface area contributed by atoms with E-state index < -0.39 is 0 Å². The summed E-state index contributed by atoms with van der Waals surface area (Å²) < 4.78 is 5.84. The lowest BCUT2D eigenvalue weighted by Crippen LogP contribution is -1.98. The number of rotatable bonds is 8. The van der Waals surface area contributed by atoms with Crippen molar-refractivity contribution in [2.75, 3.05) is 0 Å². The minimum atomic E-state index is 0.128. The summed E-state index contributed by atoms with van der Waals surface area (Å²) in [7, 11) is 0. The molecule has 1 unspecified atom stereocenters. The van der Waals surface area contributed by atoms with E-state index in [-0.39, 0.29) is 11.5 Å². The number of hydrogen-bond acceptors (Lipinski definition) is 3. The molecule has 3 heteroatoms. The van der Waals surface area contributed by atoms with Gasteiger partial charge in [-0.1, -0.05) is 98.3 Å². The Bertz CT molecular complexity index is 1420. The highest BCUT2D eigenvalue weighted by atomic mass is 16.5. The van der Waals surface area contributed by atoms with Crippen LogP contribution in [0.5, 0.6) is 11.5 Å². The highest BCUT2D eigenvalue weighted by molar-refractivity contribution is 5.65. The quantitative estimate of drug-likeness (QED) is 0.211. The van der Waals surface area contributed by atoms with E-state index in [1.807, 2.05) is 61.5 Å². The number of phenolic OH excluding ortho intramolecular Hbond substituents is 1. The summed E-state index contributed by atoms with van der Waals surface area (Å²) in [4.78, 5) is 0. The van der Waals surface area contributed by atoms with Crippen LogP contribution in [0.3, 0.4) is 0 Å². The zero-order chi connectivity index (χ0) is 31.1. The maximum atomic E-state index is 9.77. The van der Waals surface area contributed by atoms with Crippen molar-refractivity contribution in [1.29, 1.82) is 0 Å². The maximum absolute atomic E-state index is 9.77. The lowest BCUT2D eigenvalue weighted by molar-refractivity contribution is 0.299. The van der Waals surface area contributed by atoms with Gasteiger partial charge < -0.3 is 14.9 Å². The van der Waals surface area contributed by atoms with Crippen molar-refractivity contribution in [3.8, 4) is 11.5 Å². The Balaban J connectivity index is 0.000000246. The molecule has 4 rings (SSSR count). The number of hydrogen-bond donors (Lipinski definition) is 2. The van der Waals surface area contributed by atoms with Gasteiger partial charge in [0.05, 0.1) is 0 Å². The van der Waals surface area contributed by atoms with Crippen LogP contribution in [0.2, 0.25) is 0 Å². The molecule has 0 saturated heterocycles. The molecule has 0 aliphatic heterocycles. The average Bonchev–Trinajstić information content (AvgIpc) is 2.95. The number of allylic oxidation sites excluding steroid dienone is 7. The highest BCUT2D eigenvalue weighted by Gasteiger charge is 2.07. The van der Waals surface area contributed by atoms with E-state index in [1.165, 1.54) is 34.3 Å². The van der Waals surface area contributed by atoms with Gasteiger partial charge in [0.2, 0.25) is 0 Å². The van der Waals surface area contributed by atoms with Gasteiger partial charge in [0, 0.05) is 11.1 Å². The van der Waals surface area contributed by atoms with Gasteiger partial charge in [-0.15, -0.1) is 6.58 Å². The Morgan fingerprint density at radius 2 is 1.69 bits per heavy atom. The van der Waals surface area contributed by atoms with Crippen molar-refractivity contribution in [2.45, 2.75) is 67.4 Å². The lowest BCUT2D eigenvalue weighted by atomic mass is 9.91. The van der Waals surface area contributed by atoms with Crippen molar-refractivity contribution in [2.24, 2.45) is 5.92 Å². The Kier molecular flexibility index (Phi) is 14.2. The van der Waals surface area contributed by atoms with E-state index in [2.05, 4.69) is 78.1 Å². The van der Waals surface area contributed by atoms with Crippen molar-refractivity contribution < 1.29 is 14.9 Å². The van der Waals surface area contributed by atoms with Gasteiger partial charge in [-0.05, 0) is 99.4 Å². The predicted octanol–water partition coefficient (Wildman–Crippen LogP) is 11.1. The number of para-hydroxylation sites is 1. The molecule has 0 radical (unpaired) electrons. The fourth-order valence-corrected chi connectivity index (χ4v) is 4.52. The maximum Gasteiger partial charge on any atom is 0.122 e. The lowest BCUT2D eigenvalue weighted by Gasteiger charge is -2.15. The van der Waals surface area contributed by atoms with Crippen LogP contribution in [-0.4, -0.2) is 10.2 Å². The van der Waals surface area contributed by atoms with Gasteiger partial charge in [0.1, 0.15) is 23.9 Å². The molecule has 1 aliphatic rings. The van der Waals surface area contributed by atoms with E-state index in [1.54, 1.807) is 6.07 Å². The summed E-state index contributed by atoms with van der Waals surface area (Å²) in [5.74, 6) is 1.95. The number of phenols is 1. The van der Waals surface area contributed by atoms with E-state index in [0.29, 0.717) is 12.5 Å². The summed E-state index contributed by atoms with van der Waals surface area (Å²) in [5.41, 5.74) is 9.22. The monoisotopic (exact) mass is 564 g/mol. The van der Waals surface area contributed by atoms with Crippen LogP contribution < -0.4 is 4.74 Å². The molecular formula is C39H48O3. The van der Waals surface area contributed by atoms with Crippen LogP contribution in [0.15, 0.2) is 115 Å². The standard InChI is InChI=1S/C19H22O2.C11H16.C9H10O/c1-4-7-15(3)17-10-14(2)11-18(12-17)21-13-16-8-5-6-9-19(16)20;1-4-5-11-8-9(2)6-7-10(11)3;1-7-4-3-5-9(6-7)8(2)10/h5-12,20H,4,13H2,1-3H3;4,7-9H,1,5-6H2,2-3H3;3-6,10H,2H2,1H3/b15-7-;;. The molecule has 0 fully saturated rings.